The highest BCUT2D eigenvalue weighted by Crippen LogP contribution is 2.39. The number of piperidine rings is 1. The monoisotopic (exact) mass is 308 g/mol. The fourth-order valence-corrected chi connectivity index (χ4v) is 3.64. The van der Waals surface area contributed by atoms with Crippen LogP contribution in [0.15, 0.2) is 10.7 Å². The number of aromatic nitrogens is 1. The molecule has 122 valence electrons. The minimum absolute atomic E-state index is 0.00164. The Morgan fingerprint density at radius 2 is 2.45 bits per heavy atom. The Kier molecular flexibility index (Phi) is 4.49. The number of hydrogen-bond acceptors (Lipinski definition) is 5. The minimum Gasteiger partial charge on any atom is -0.385 e. The third-order valence-electron chi connectivity index (χ3n) is 4.82. The second-order valence-electron chi connectivity index (χ2n) is 6.47. The lowest BCUT2D eigenvalue weighted by atomic mass is 9.85. The Morgan fingerprint density at radius 1 is 1.59 bits per heavy atom. The van der Waals surface area contributed by atoms with E-state index in [9.17, 15) is 4.79 Å². The van der Waals surface area contributed by atoms with Gasteiger partial charge in [-0.15, -0.1) is 0 Å². The maximum atomic E-state index is 12.6. The molecule has 2 aliphatic rings. The molecule has 0 bridgehead atoms. The fraction of sp³-hybridized carbons (Fsp3) is 0.750. The predicted octanol–water partition coefficient (Wildman–Crippen LogP) is 2.03. The van der Waals surface area contributed by atoms with Gasteiger partial charge in [0, 0.05) is 26.8 Å². The molecule has 6 heteroatoms. The molecule has 3 rings (SSSR count). The summed E-state index contributed by atoms with van der Waals surface area (Å²) in [4.78, 5) is 14.5. The maximum absolute atomic E-state index is 12.6. The molecule has 1 spiro atoms. The van der Waals surface area contributed by atoms with E-state index in [-0.39, 0.29) is 11.5 Å². The number of nitrogens with zero attached hydrogens (tertiary/aromatic N) is 2. The van der Waals surface area contributed by atoms with Crippen molar-refractivity contribution in [1.82, 2.24) is 10.1 Å². The topological polar surface area (TPSA) is 64.8 Å². The van der Waals surface area contributed by atoms with Crippen molar-refractivity contribution >= 4 is 5.91 Å². The SMILES string of the molecule is COCCC1COC2(CCCN(C(=O)c3cnoc3C)C2)C1. The number of hydrogen-bond donors (Lipinski definition) is 0. The van der Waals surface area contributed by atoms with Gasteiger partial charge in [-0.1, -0.05) is 5.16 Å². The first kappa shape index (κ1) is 15.5. The number of aryl methyl sites for hydroxylation is 1. The van der Waals surface area contributed by atoms with E-state index in [2.05, 4.69) is 5.16 Å². The summed E-state index contributed by atoms with van der Waals surface area (Å²) >= 11 is 0. The van der Waals surface area contributed by atoms with Crippen LogP contribution in [0.1, 0.15) is 41.8 Å². The highest BCUT2D eigenvalue weighted by Gasteiger charge is 2.44. The largest absolute Gasteiger partial charge is 0.385 e. The lowest BCUT2D eigenvalue weighted by Gasteiger charge is -2.39. The summed E-state index contributed by atoms with van der Waals surface area (Å²) in [6.45, 7) is 4.76. The summed E-state index contributed by atoms with van der Waals surface area (Å²) in [5, 5.41) is 3.70. The number of amides is 1. The first-order valence-electron chi connectivity index (χ1n) is 7.97. The second kappa shape index (κ2) is 6.38. The van der Waals surface area contributed by atoms with Gasteiger partial charge in [0.2, 0.25) is 0 Å². The summed E-state index contributed by atoms with van der Waals surface area (Å²) in [6, 6.07) is 0. The van der Waals surface area contributed by atoms with Crippen LogP contribution in [0.3, 0.4) is 0 Å². The third kappa shape index (κ3) is 3.03. The standard InChI is InChI=1S/C16H24N2O4/c1-12-14(9-17-22-12)15(19)18-6-3-5-16(11-18)8-13(10-21-16)4-7-20-2/h9,13H,3-8,10-11H2,1-2H3. The van der Waals surface area contributed by atoms with Crippen LogP contribution in [-0.4, -0.2) is 55.0 Å². The van der Waals surface area contributed by atoms with E-state index in [0.717, 1.165) is 45.4 Å². The number of carbonyl (C=O) groups excluding carboxylic acids is 1. The molecule has 2 atom stereocenters. The summed E-state index contributed by atoms with van der Waals surface area (Å²) in [7, 11) is 1.73. The second-order valence-corrected chi connectivity index (χ2v) is 6.47. The number of methoxy groups -OCH3 is 1. The van der Waals surface area contributed by atoms with Crippen molar-refractivity contribution in [3.05, 3.63) is 17.5 Å². The van der Waals surface area contributed by atoms with Crippen molar-refractivity contribution in [1.29, 1.82) is 0 Å². The zero-order valence-electron chi connectivity index (χ0n) is 13.3. The molecular weight excluding hydrogens is 284 g/mol. The predicted molar refractivity (Wildman–Crippen MR) is 79.7 cm³/mol. The Labute approximate surface area is 130 Å². The summed E-state index contributed by atoms with van der Waals surface area (Å²) < 4.78 is 16.3. The van der Waals surface area contributed by atoms with Crippen LogP contribution < -0.4 is 0 Å². The summed E-state index contributed by atoms with van der Waals surface area (Å²) in [5.74, 6) is 1.11. The van der Waals surface area contributed by atoms with Gasteiger partial charge >= 0.3 is 0 Å². The minimum atomic E-state index is -0.169. The Bertz CT molecular complexity index is 530. The van der Waals surface area contributed by atoms with Crippen molar-refractivity contribution < 1.29 is 18.8 Å². The van der Waals surface area contributed by atoms with Crippen LogP contribution >= 0.6 is 0 Å². The quantitative estimate of drug-likeness (QED) is 0.851. The van der Waals surface area contributed by atoms with Gasteiger partial charge in [0.25, 0.3) is 5.91 Å². The third-order valence-corrected chi connectivity index (χ3v) is 4.82. The molecule has 22 heavy (non-hydrogen) atoms. The maximum Gasteiger partial charge on any atom is 0.259 e. The van der Waals surface area contributed by atoms with Crippen molar-refractivity contribution in [2.75, 3.05) is 33.4 Å². The van der Waals surface area contributed by atoms with E-state index in [1.807, 2.05) is 4.90 Å². The van der Waals surface area contributed by atoms with Crippen LogP contribution in [0.4, 0.5) is 0 Å². The molecule has 0 aliphatic carbocycles. The first-order chi connectivity index (χ1) is 10.6. The number of rotatable bonds is 4. The van der Waals surface area contributed by atoms with Gasteiger partial charge in [-0.2, -0.15) is 0 Å². The fourth-order valence-electron chi connectivity index (χ4n) is 3.64. The molecule has 6 nitrogen and oxygen atoms in total. The summed E-state index contributed by atoms with van der Waals surface area (Å²) in [6.07, 6.45) is 5.56. The zero-order valence-corrected chi connectivity index (χ0v) is 13.3. The zero-order chi connectivity index (χ0) is 15.6. The van der Waals surface area contributed by atoms with Gasteiger partial charge in [-0.25, -0.2) is 0 Å². The van der Waals surface area contributed by atoms with Crippen LogP contribution in [0, 0.1) is 12.8 Å². The molecule has 1 aromatic rings. The van der Waals surface area contributed by atoms with Crippen LogP contribution in [-0.2, 0) is 9.47 Å². The molecule has 2 fully saturated rings. The van der Waals surface area contributed by atoms with E-state index < -0.39 is 0 Å². The molecule has 3 heterocycles. The van der Waals surface area contributed by atoms with Crippen LogP contribution in [0.25, 0.3) is 0 Å². The highest BCUT2D eigenvalue weighted by molar-refractivity contribution is 5.94. The van der Waals surface area contributed by atoms with E-state index in [1.165, 1.54) is 6.20 Å². The van der Waals surface area contributed by atoms with Crippen molar-refractivity contribution in [2.24, 2.45) is 5.92 Å². The van der Waals surface area contributed by atoms with Gasteiger partial charge in [0.15, 0.2) is 0 Å². The number of ether oxygens (including phenoxy) is 2. The number of carbonyl (C=O) groups is 1. The Hall–Kier alpha value is -1.40. The van der Waals surface area contributed by atoms with Crippen molar-refractivity contribution in [3.8, 4) is 0 Å². The van der Waals surface area contributed by atoms with E-state index in [1.54, 1.807) is 14.0 Å². The molecule has 2 aliphatic heterocycles. The van der Waals surface area contributed by atoms with E-state index in [4.69, 9.17) is 14.0 Å². The van der Waals surface area contributed by atoms with Gasteiger partial charge in [0.05, 0.1) is 18.4 Å². The average molecular weight is 308 g/mol. The van der Waals surface area contributed by atoms with Gasteiger partial charge in [-0.3, -0.25) is 4.79 Å². The van der Waals surface area contributed by atoms with Gasteiger partial charge in [-0.05, 0) is 38.5 Å². The number of likely N-dealkylation sites (tertiary alicyclic amines) is 1. The molecule has 1 aromatic heterocycles. The Morgan fingerprint density at radius 3 is 3.18 bits per heavy atom. The Balaban J connectivity index is 1.65. The van der Waals surface area contributed by atoms with Gasteiger partial charge in [0.1, 0.15) is 11.3 Å². The normalized spacial score (nSPS) is 28.5. The van der Waals surface area contributed by atoms with Crippen LogP contribution in [0.5, 0.6) is 0 Å². The molecule has 0 N–H and O–H groups in total. The molecule has 0 radical (unpaired) electrons. The summed E-state index contributed by atoms with van der Waals surface area (Å²) in [5.41, 5.74) is 0.392. The van der Waals surface area contributed by atoms with Gasteiger partial charge < -0.3 is 18.9 Å². The highest BCUT2D eigenvalue weighted by atomic mass is 16.5. The lowest BCUT2D eigenvalue weighted by molar-refractivity contribution is -0.0450. The van der Waals surface area contributed by atoms with Crippen LogP contribution in [0.2, 0.25) is 0 Å². The van der Waals surface area contributed by atoms with E-state index >= 15 is 0 Å². The molecule has 0 saturated carbocycles. The average Bonchev–Trinajstić information content (AvgIpc) is 3.11. The smallest absolute Gasteiger partial charge is 0.259 e. The molecule has 2 saturated heterocycles. The van der Waals surface area contributed by atoms with Crippen molar-refractivity contribution in [3.63, 3.8) is 0 Å². The molecule has 2 unspecified atom stereocenters. The lowest BCUT2D eigenvalue weighted by Crippen LogP contribution is -2.50. The van der Waals surface area contributed by atoms with Crippen molar-refractivity contribution in [2.45, 2.75) is 38.2 Å². The molecule has 1 amide bonds. The van der Waals surface area contributed by atoms with E-state index in [0.29, 0.717) is 23.8 Å². The first-order valence-corrected chi connectivity index (χ1v) is 7.97. The molecule has 0 aromatic carbocycles. The molecular formula is C16H24N2O4.